The summed E-state index contributed by atoms with van der Waals surface area (Å²) in [6.45, 7) is -0.572. The predicted molar refractivity (Wildman–Crippen MR) is 117 cm³/mol. The number of rotatable bonds is 9. The quantitative estimate of drug-likeness (QED) is 0.344. The third kappa shape index (κ3) is 6.13. The van der Waals surface area contributed by atoms with Gasteiger partial charge in [-0.25, -0.2) is 14.2 Å². The second kappa shape index (κ2) is 11.2. The molecule has 0 aliphatic rings. The highest BCUT2D eigenvalue weighted by Gasteiger charge is 2.21. The highest BCUT2D eigenvalue weighted by molar-refractivity contribution is 7.98. The lowest BCUT2D eigenvalue weighted by Gasteiger charge is -2.22. The molecule has 0 spiro atoms. The number of esters is 1. The van der Waals surface area contributed by atoms with Gasteiger partial charge in [-0.2, -0.15) is 5.26 Å². The van der Waals surface area contributed by atoms with Crippen LogP contribution in [0.25, 0.3) is 0 Å². The Labute approximate surface area is 187 Å². The van der Waals surface area contributed by atoms with Gasteiger partial charge in [0.05, 0.1) is 34.9 Å². The molecule has 0 bridgehead atoms. The largest absolute Gasteiger partial charge is 0.452 e. The van der Waals surface area contributed by atoms with Crippen molar-refractivity contribution in [3.8, 4) is 6.07 Å². The van der Waals surface area contributed by atoms with E-state index in [2.05, 4.69) is 4.98 Å². The first-order valence-electron chi connectivity index (χ1n) is 9.28. The van der Waals surface area contributed by atoms with Gasteiger partial charge in [-0.05, 0) is 24.3 Å². The van der Waals surface area contributed by atoms with Crippen LogP contribution in [0.5, 0.6) is 0 Å². The fourth-order valence-corrected chi connectivity index (χ4v) is 4.32. The lowest BCUT2D eigenvalue weighted by Crippen LogP contribution is -2.36. The highest BCUT2D eigenvalue weighted by Crippen LogP contribution is 2.27. The van der Waals surface area contributed by atoms with Gasteiger partial charge in [0, 0.05) is 22.6 Å². The maximum absolute atomic E-state index is 14.2. The molecule has 0 aliphatic heterocycles. The van der Waals surface area contributed by atoms with Gasteiger partial charge in [-0.1, -0.05) is 24.3 Å². The summed E-state index contributed by atoms with van der Waals surface area (Å²) in [4.78, 5) is 31.3. The lowest BCUT2D eigenvalue weighted by atomic mass is 10.2. The third-order valence-corrected chi connectivity index (χ3v) is 5.93. The van der Waals surface area contributed by atoms with E-state index in [0.717, 1.165) is 10.6 Å². The van der Waals surface area contributed by atoms with E-state index in [9.17, 15) is 14.0 Å². The Morgan fingerprint density at radius 1 is 1.19 bits per heavy atom. The number of hydrogen-bond donors (Lipinski definition) is 0. The summed E-state index contributed by atoms with van der Waals surface area (Å²) in [6.07, 6.45) is 0.0180. The van der Waals surface area contributed by atoms with Gasteiger partial charge in [0.2, 0.25) is 0 Å². The molecule has 0 radical (unpaired) electrons. The number of thiazole rings is 1. The zero-order valence-electron chi connectivity index (χ0n) is 16.4. The van der Waals surface area contributed by atoms with Crippen molar-refractivity contribution < 1.29 is 18.7 Å². The van der Waals surface area contributed by atoms with Crippen molar-refractivity contribution in [1.82, 2.24) is 4.98 Å². The molecule has 2 aromatic carbocycles. The highest BCUT2D eigenvalue weighted by atomic mass is 32.2. The number of anilines is 1. The average molecular weight is 456 g/mol. The molecular formula is C22H18FN3O3S2. The number of halogens is 1. The summed E-state index contributed by atoms with van der Waals surface area (Å²) in [5.74, 6) is -1.25. The van der Waals surface area contributed by atoms with Crippen molar-refractivity contribution in [1.29, 1.82) is 5.26 Å². The summed E-state index contributed by atoms with van der Waals surface area (Å²) in [7, 11) is 0. The molecule has 0 fully saturated rings. The molecule has 0 saturated heterocycles. The molecule has 1 aromatic heterocycles. The molecule has 6 nitrogen and oxygen atoms in total. The number of carbonyl (C=O) groups excluding carboxylic acids is 2. The van der Waals surface area contributed by atoms with Crippen LogP contribution in [0.4, 0.5) is 10.1 Å². The number of benzene rings is 2. The Balaban J connectivity index is 1.67. The maximum atomic E-state index is 14.2. The van der Waals surface area contributed by atoms with E-state index in [1.54, 1.807) is 29.8 Å². The van der Waals surface area contributed by atoms with Crippen molar-refractivity contribution >= 4 is 40.7 Å². The van der Waals surface area contributed by atoms with E-state index in [1.165, 1.54) is 41.3 Å². The molecule has 31 heavy (non-hydrogen) atoms. The van der Waals surface area contributed by atoms with Crippen LogP contribution in [0, 0.1) is 17.1 Å². The van der Waals surface area contributed by atoms with Gasteiger partial charge in [0.1, 0.15) is 5.82 Å². The Hall–Kier alpha value is -3.22. The van der Waals surface area contributed by atoms with Crippen molar-refractivity contribution in [2.45, 2.75) is 17.1 Å². The number of nitriles is 1. The number of ether oxygens (including phenoxy) is 1. The normalized spacial score (nSPS) is 10.3. The van der Waals surface area contributed by atoms with Gasteiger partial charge in [-0.15, -0.1) is 23.1 Å². The van der Waals surface area contributed by atoms with Crippen LogP contribution < -0.4 is 4.90 Å². The third-order valence-electron chi connectivity index (χ3n) is 4.18. The van der Waals surface area contributed by atoms with Gasteiger partial charge in [0.25, 0.3) is 5.91 Å². The molecule has 0 aliphatic carbocycles. The molecule has 9 heteroatoms. The van der Waals surface area contributed by atoms with Gasteiger partial charge < -0.3 is 9.64 Å². The van der Waals surface area contributed by atoms with Crippen LogP contribution in [0.15, 0.2) is 64.3 Å². The van der Waals surface area contributed by atoms with Crippen molar-refractivity contribution in [3.05, 3.63) is 76.5 Å². The fourth-order valence-electron chi connectivity index (χ4n) is 2.72. The minimum Gasteiger partial charge on any atom is -0.452 e. The molecule has 1 heterocycles. The molecule has 158 valence electrons. The standard InChI is InChI=1S/C22H18FN3O3S2/c23-18-7-2-3-8-19(18)26(11-5-10-24)21(27)12-29-22(28)17-6-1-4-9-20(17)31-14-16-13-30-15-25-16/h1-4,6-9,13,15H,5,11-12,14H2. The summed E-state index contributed by atoms with van der Waals surface area (Å²) in [5.41, 5.74) is 3.03. The van der Waals surface area contributed by atoms with Gasteiger partial charge in [-0.3, -0.25) is 4.79 Å². The van der Waals surface area contributed by atoms with Crippen LogP contribution >= 0.6 is 23.1 Å². The Morgan fingerprint density at radius 2 is 1.97 bits per heavy atom. The summed E-state index contributed by atoms with van der Waals surface area (Å²) < 4.78 is 19.4. The zero-order valence-corrected chi connectivity index (χ0v) is 18.0. The number of carbonyl (C=O) groups is 2. The number of nitrogens with zero attached hydrogens (tertiary/aromatic N) is 3. The maximum Gasteiger partial charge on any atom is 0.339 e. The van der Waals surface area contributed by atoms with Crippen molar-refractivity contribution in [2.24, 2.45) is 0 Å². The number of aromatic nitrogens is 1. The molecule has 3 aromatic rings. The first kappa shape index (κ1) is 22.5. The Bertz CT molecular complexity index is 1080. The summed E-state index contributed by atoms with van der Waals surface area (Å²) >= 11 is 2.94. The summed E-state index contributed by atoms with van der Waals surface area (Å²) in [6, 6.07) is 14.6. The topological polar surface area (TPSA) is 83.3 Å². The number of hydrogen-bond acceptors (Lipinski definition) is 7. The van der Waals surface area contributed by atoms with Crippen LogP contribution in [0.1, 0.15) is 22.5 Å². The van der Waals surface area contributed by atoms with E-state index >= 15 is 0 Å². The van der Waals surface area contributed by atoms with Crippen molar-refractivity contribution in [3.63, 3.8) is 0 Å². The van der Waals surface area contributed by atoms with E-state index in [-0.39, 0.29) is 18.7 Å². The Kier molecular flexibility index (Phi) is 8.15. The minimum atomic E-state index is -0.650. The fraction of sp³-hybridized carbons (Fsp3) is 0.182. The molecule has 0 unspecified atom stereocenters. The molecule has 0 saturated carbocycles. The Morgan fingerprint density at radius 3 is 2.71 bits per heavy atom. The smallest absolute Gasteiger partial charge is 0.339 e. The zero-order chi connectivity index (χ0) is 22.1. The van der Waals surface area contributed by atoms with Crippen LogP contribution in [-0.4, -0.2) is 30.0 Å². The number of para-hydroxylation sites is 1. The van der Waals surface area contributed by atoms with E-state index < -0.39 is 24.3 Å². The monoisotopic (exact) mass is 455 g/mol. The molecule has 0 N–H and O–H groups in total. The average Bonchev–Trinajstić information content (AvgIpc) is 3.31. The van der Waals surface area contributed by atoms with Crippen molar-refractivity contribution in [2.75, 3.05) is 18.1 Å². The summed E-state index contributed by atoms with van der Waals surface area (Å²) in [5, 5.41) is 10.8. The minimum absolute atomic E-state index is 0.00605. The van der Waals surface area contributed by atoms with Crippen LogP contribution in [-0.2, 0) is 15.3 Å². The van der Waals surface area contributed by atoms with Gasteiger partial charge >= 0.3 is 5.97 Å². The lowest BCUT2D eigenvalue weighted by molar-refractivity contribution is -0.121. The van der Waals surface area contributed by atoms with Crippen LogP contribution in [0.3, 0.4) is 0 Å². The second-order valence-electron chi connectivity index (χ2n) is 6.25. The van der Waals surface area contributed by atoms with E-state index in [1.807, 2.05) is 17.5 Å². The van der Waals surface area contributed by atoms with Gasteiger partial charge in [0.15, 0.2) is 6.61 Å². The molecular weight excluding hydrogens is 437 g/mol. The SMILES string of the molecule is N#CCCN(C(=O)COC(=O)c1ccccc1SCc1cscn1)c1ccccc1F. The molecule has 1 amide bonds. The number of thioether (sulfide) groups is 1. The second-order valence-corrected chi connectivity index (χ2v) is 7.98. The first-order chi connectivity index (χ1) is 15.1. The first-order valence-corrected chi connectivity index (χ1v) is 11.2. The number of amides is 1. The molecule has 0 atom stereocenters. The predicted octanol–water partition coefficient (Wildman–Crippen LogP) is 4.68. The van der Waals surface area contributed by atoms with E-state index in [0.29, 0.717) is 16.2 Å². The molecule has 3 rings (SSSR count). The van der Waals surface area contributed by atoms with E-state index in [4.69, 9.17) is 10.00 Å². The van der Waals surface area contributed by atoms with Crippen LogP contribution in [0.2, 0.25) is 0 Å².